The second kappa shape index (κ2) is 28.9. The lowest BCUT2D eigenvalue weighted by Crippen LogP contribution is -2.42. The number of thiophene rings is 1. The molecule has 3 heterocycles. The summed E-state index contributed by atoms with van der Waals surface area (Å²) in [6.45, 7) is 8.12. The Morgan fingerprint density at radius 1 is 0.746 bits per heavy atom. The third-order valence-electron chi connectivity index (χ3n) is 11.6. The molecule has 368 valence electrons. The van der Waals surface area contributed by atoms with Crippen LogP contribution in [0.2, 0.25) is 0 Å². The van der Waals surface area contributed by atoms with Crippen LogP contribution in [0.1, 0.15) is 106 Å². The summed E-state index contributed by atoms with van der Waals surface area (Å²) in [7, 11) is 0. The van der Waals surface area contributed by atoms with Gasteiger partial charge < -0.3 is 49.2 Å². The Morgan fingerprint density at radius 3 is 2.09 bits per heavy atom. The molecule has 6 amide bonds. The van der Waals surface area contributed by atoms with Gasteiger partial charge in [-0.05, 0) is 87.6 Å². The molecule has 3 aromatic rings. The van der Waals surface area contributed by atoms with Crippen LogP contribution in [0.25, 0.3) is 10.2 Å². The van der Waals surface area contributed by atoms with Crippen LogP contribution in [0.5, 0.6) is 0 Å². The Kier molecular flexibility index (Phi) is 22.7. The SMILES string of the molecule is CCN(C(=O)Cn1c(C(=O)NC2CCC(C(=O)NCCCCCCCC(=O)NCCOCCOCCOCCOCCC(=O)ON3C(=O)CCC3=O)CC2)cc2sccc21)c1cccc(C)c1. The van der Waals surface area contributed by atoms with Gasteiger partial charge in [-0.2, -0.15) is 0 Å². The van der Waals surface area contributed by atoms with Crippen molar-refractivity contribution in [3.8, 4) is 0 Å². The zero-order chi connectivity index (χ0) is 47.8. The molecule has 18 nitrogen and oxygen atoms in total. The topological polar surface area (TPSA) is 213 Å². The Morgan fingerprint density at radius 2 is 1.40 bits per heavy atom. The lowest BCUT2D eigenvalue weighted by Gasteiger charge is -2.28. The van der Waals surface area contributed by atoms with Gasteiger partial charge in [-0.15, -0.1) is 16.4 Å². The highest BCUT2D eigenvalue weighted by molar-refractivity contribution is 7.17. The number of carbonyl (C=O) groups excluding carboxylic acids is 7. The van der Waals surface area contributed by atoms with Crippen molar-refractivity contribution < 1.29 is 57.3 Å². The van der Waals surface area contributed by atoms with Crippen LogP contribution in [0.3, 0.4) is 0 Å². The van der Waals surface area contributed by atoms with Crippen molar-refractivity contribution in [2.75, 3.05) is 77.4 Å². The first-order chi connectivity index (χ1) is 32.5. The number of hydrogen-bond acceptors (Lipinski definition) is 13. The minimum absolute atomic E-state index is 0.00325. The van der Waals surface area contributed by atoms with Gasteiger partial charge in [-0.1, -0.05) is 31.4 Å². The number of fused-ring (bicyclic) bond motifs is 1. The van der Waals surface area contributed by atoms with Crippen LogP contribution in [0, 0.1) is 12.8 Å². The summed E-state index contributed by atoms with van der Waals surface area (Å²) in [6.07, 6.45) is 7.88. The number of carbonyl (C=O) groups is 7. The van der Waals surface area contributed by atoms with Gasteiger partial charge in [-0.3, -0.25) is 28.8 Å². The number of nitrogens with zero attached hydrogens (tertiary/aromatic N) is 3. The first-order valence-electron chi connectivity index (χ1n) is 23.7. The number of anilines is 1. The van der Waals surface area contributed by atoms with Crippen molar-refractivity contribution in [3.63, 3.8) is 0 Å². The molecule has 1 aromatic carbocycles. The summed E-state index contributed by atoms with van der Waals surface area (Å²) in [6, 6.07) is 11.6. The van der Waals surface area contributed by atoms with Gasteiger partial charge in [0.25, 0.3) is 17.7 Å². The molecule has 19 heteroatoms. The fraction of sp³-hybridized carbons (Fsp3) is 0.604. The first kappa shape index (κ1) is 52.8. The Labute approximate surface area is 396 Å². The Hall–Kier alpha value is -5.21. The van der Waals surface area contributed by atoms with Crippen molar-refractivity contribution in [3.05, 3.63) is 53.0 Å². The number of likely N-dealkylation sites (N-methyl/N-ethyl adjacent to an activating group) is 1. The maximum atomic E-state index is 13.6. The van der Waals surface area contributed by atoms with E-state index in [9.17, 15) is 33.6 Å². The number of hydroxylamine groups is 2. The van der Waals surface area contributed by atoms with Gasteiger partial charge in [-0.25, -0.2) is 4.79 Å². The summed E-state index contributed by atoms with van der Waals surface area (Å²) < 4.78 is 24.5. The molecule has 5 rings (SSSR count). The number of rotatable bonds is 31. The third-order valence-corrected chi connectivity index (χ3v) is 12.5. The number of imide groups is 1. The summed E-state index contributed by atoms with van der Waals surface area (Å²) in [5.41, 5.74) is 3.25. The molecular formula is C48H68N6O12S. The fourth-order valence-electron chi connectivity index (χ4n) is 7.98. The van der Waals surface area contributed by atoms with Crippen LogP contribution < -0.4 is 20.9 Å². The second-order valence-electron chi connectivity index (χ2n) is 16.7. The van der Waals surface area contributed by atoms with E-state index in [0.29, 0.717) is 102 Å². The minimum Gasteiger partial charge on any atom is -0.378 e. The largest absolute Gasteiger partial charge is 0.378 e. The van der Waals surface area contributed by atoms with E-state index in [4.69, 9.17) is 23.8 Å². The van der Waals surface area contributed by atoms with Gasteiger partial charge in [0.15, 0.2) is 0 Å². The predicted octanol–water partition coefficient (Wildman–Crippen LogP) is 4.99. The van der Waals surface area contributed by atoms with Crippen molar-refractivity contribution in [1.29, 1.82) is 0 Å². The second-order valence-corrected chi connectivity index (χ2v) is 17.6. The highest BCUT2D eigenvalue weighted by atomic mass is 32.1. The number of unbranched alkanes of at least 4 members (excludes halogenated alkanes) is 4. The van der Waals surface area contributed by atoms with Gasteiger partial charge in [0.1, 0.15) is 12.2 Å². The van der Waals surface area contributed by atoms with E-state index in [2.05, 4.69) is 16.0 Å². The number of aromatic nitrogens is 1. The first-order valence-corrected chi connectivity index (χ1v) is 24.6. The molecule has 0 atom stereocenters. The quantitative estimate of drug-likeness (QED) is 0.0575. The Balaban J connectivity index is 0.804. The molecule has 1 saturated heterocycles. The number of amides is 6. The van der Waals surface area contributed by atoms with Crippen LogP contribution in [0.4, 0.5) is 5.69 Å². The monoisotopic (exact) mass is 952 g/mol. The number of aryl methyl sites for hydroxylation is 1. The summed E-state index contributed by atoms with van der Waals surface area (Å²) in [4.78, 5) is 93.5. The maximum absolute atomic E-state index is 13.6. The summed E-state index contributed by atoms with van der Waals surface area (Å²) >= 11 is 1.54. The average Bonchev–Trinajstić information content (AvgIpc) is 4.01. The molecule has 67 heavy (non-hydrogen) atoms. The van der Waals surface area contributed by atoms with Crippen molar-refractivity contribution >= 4 is 68.7 Å². The van der Waals surface area contributed by atoms with Gasteiger partial charge in [0.05, 0.1) is 69.5 Å². The molecule has 1 saturated carbocycles. The van der Waals surface area contributed by atoms with Crippen LogP contribution in [0.15, 0.2) is 41.8 Å². The molecule has 1 aliphatic heterocycles. The standard InChI is InChI=1S/C48H68N6O12S/c1-3-52(38-11-9-10-35(2)32-38)45(58)34-53-39-20-31-67-41(39)33-40(53)48(61)51-37-15-13-36(14-16-37)47(60)50-21-8-6-4-5-7-12-42(55)49-22-24-63-26-28-65-30-29-64-27-25-62-23-19-46(59)66-54-43(56)17-18-44(54)57/h9-11,20,31-33,36-37H,3-8,12-19,21-30,34H2,1-2H3,(H,49,55)(H,50,60)(H,51,61). The number of ether oxygens (including phenoxy) is 4. The number of benzene rings is 1. The van der Waals surface area contributed by atoms with Crippen LogP contribution in [-0.2, 0) is 59.1 Å². The van der Waals surface area contributed by atoms with Crippen LogP contribution >= 0.6 is 11.3 Å². The van der Waals surface area contributed by atoms with Crippen molar-refractivity contribution in [1.82, 2.24) is 25.6 Å². The van der Waals surface area contributed by atoms with Gasteiger partial charge >= 0.3 is 5.97 Å². The molecule has 2 aliphatic rings. The van der Waals surface area contributed by atoms with Gasteiger partial charge in [0, 0.05) is 56.5 Å². The molecule has 0 spiro atoms. The molecule has 0 radical (unpaired) electrons. The fourth-order valence-corrected chi connectivity index (χ4v) is 8.81. The smallest absolute Gasteiger partial charge is 0.335 e. The molecule has 0 unspecified atom stereocenters. The Bertz CT molecular complexity index is 2070. The van der Waals surface area contributed by atoms with Gasteiger partial charge in [0.2, 0.25) is 17.7 Å². The predicted molar refractivity (Wildman–Crippen MR) is 251 cm³/mol. The zero-order valence-corrected chi connectivity index (χ0v) is 39.8. The van der Waals surface area contributed by atoms with E-state index in [1.165, 1.54) is 0 Å². The number of hydrogen-bond donors (Lipinski definition) is 3. The normalized spacial score (nSPS) is 16.1. The molecule has 2 aromatic heterocycles. The van der Waals surface area contributed by atoms with E-state index in [1.54, 1.807) is 16.2 Å². The zero-order valence-electron chi connectivity index (χ0n) is 39.0. The van der Waals surface area contributed by atoms with Crippen molar-refractivity contribution in [2.24, 2.45) is 5.92 Å². The highest BCUT2D eigenvalue weighted by Gasteiger charge is 2.33. The molecule has 0 bridgehead atoms. The lowest BCUT2D eigenvalue weighted by atomic mass is 9.85. The van der Waals surface area contributed by atoms with Crippen molar-refractivity contribution in [2.45, 2.75) is 110 Å². The molecule has 1 aliphatic carbocycles. The lowest BCUT2D eigenvalue weighted by molar-refractivity contribution is -0.198. The van der Waals surface area contributed by atoms with E-state index >= 15 is 0 Å². The van der Waals surface area contributed by atoms with E-state index in [0.717, 1.165) is 53.6 Å². The summed E-state index contributed by atoms with van der Waals surface area (Å²) in [5.74, 6) is -2.05. The molecular weight excluding hydrogens is 885 g/mol. The van der Waals surface area contributed by atoms with E-state index in [-0.39, 0.29) is 74.6 Å². The third kappa shape index (κ3) is 17.8. The average molecular weight is 953 g/mol. The molecule has 2 fully saturated rings. The van der Waals surface area contributed by atoms with Crippen LogP contribution in [-0.4, -0.2) is 130 Å². The maximum Gasteiger partial charge on any atom is 0.335 e. The molecule has 3 N–H and O–H groups in total. The van der Waals surface area contributed by atoms with E-state index < -0.39 is 17.8 Å². The van der Waals surface area contributed by atoms with E-state index in [1.807, 2.05) is 60.2 Å². The highest BCUT2D eigenvalue weighted by Crippen LogP contribution is 2.28. The minimum atomic E-state index is -0.712. The number of nitrogens with one attached hydrogen (secondary N) is 3. The summed E-state index contributed by atoms with van der Waals surface area (Å²) in [5, 5.41) is 11.6.